The molecule has 80 valence electrons. The lowest BCUT2D eigenvalue weighted by atomic mass is 10.2. The molecular weight excluding hydrogens is 212 g/mol. The van der Waals surface area contributed by atoms with Gasteiger partial charge in [0.05, 0.1) is 6.61 Å². The van der Waals surface area contributed by atoms with E-state index in [0.717, 1.165) is 5.69 Å². The summed E-state index contributed by atoms with van der Waals surface area (Å²) in [6.45, 7) is 6.30. The van der Waals surface area contributed by atoms with Gasteiger partial charge < -0.3 is 4.74 Å². The smallest absolute Gasteiger partial charge is 0.223 e. The van der Waals surface area contributed by atoms with Crippen molar-refractivity contribution in [2.45, 2.75) is 25.7 Å². The highest BCUT2D eigenvalue weighted by molar-refractivity contribution is 6.28. The van der Waals surface area contributed by atoms with E-state index in [1.807, 2.05) is 13.0 Å². The molecule has 0 N–H and O–H groups in total. The summed E-state index contributed by atoms with van der Waals surface area (Å²) in [7, 11) is 0. The predicted octanol–water partition coefficient (Wildman–Crippen LogP) is 3.01. The second-order valence-corrected chi connectivity index (χ2v) is 3.92. The molecular formula is C11H13ClN2O. The third kappa shape index (κ3) is 2.48. The maximum atomic E-state index is 5.85. The highest BCUT2D eigenvalue weighted by atomic mass is 35.5. The SMILES string of the molecule is C=C(OCC)c1cc(C2CC2)nc(Cl)n1. The Morgan fingerprint density at radius 3 is 2.93 bits per heavy atom. The third-order valence-corrected chi connectivity index (χ3v) is 2.49. The molecule has 0 atom stereocenters. The van der Waals surface area contributed by atoms with Crippen molar-refractivity contribution in [1.82, 2.24) is 9.97 Å². The first kappa shape index (κ1) is 10.4. The van der Waals surface area contributed by atoms with E-state index < -0.39 is 0 Å². The van der Waals surface area contributed by atoms with Crippen LogP contribution in [0, 0.1) is 0 Å². The maximum Gasteiger partial charge on any atom is 0.223 e. The fourth-order valence-electron chi connectivity index (χ4n) is 1.41. The summed E-state index contributed by atoms with van der Waals surface area (Å²) in [5, 5.41) is 0.273. The Kier molecular flexibility index (Phi) is 2.91. The summed E-state index contributed by atoms with van der Waals surface area (Å²) in [6.07, 6.45) is 2.38. The Bertz CT molecular complexity index is 388. The fourth-order valence-corrected chi connectivity index (χ4v) is 1.60. The number of nitrogens with zero attached hydrogens (tertiary/aromatic N) is 2. The third-order valence-electron chi connectivity index (χ3n) is 2.32. The second kappa shape index (κ2) is 4.19. The van der Waals surface area contributed by atoms with Crippen LogP contribution in [0.2, 0.25) is 5.28 Å². The van der Waals surface area contributed by atoms with Crippen molar-refractivity contribution in [3.8, 4) is 0 Å². The number of hydrogen-bond donors (Lipinski definition) is 0. The van der Waals surface area contributed by atoms with Crippen molar-refractivity contribution in [1.29, 1.82) is 0 Å². The summed E-state index contributed by atoms with van der Waals surface area (Å²) >= 11 is 5.85. The van der Waals surface area contributed by atoms with Gasteiger partial charge in [0, 0.05) is 11.6 Å². The van der Waals surface area contributed by atoms with Crippen molar-refractivity contribution in [3.63, 3.8) is 0 Å². The summed E-state index contributed by atoms with van der Waals surface area (Å²) in [4.78, 5) is 8.29. The molecule has 0 saturated heterocycles. The lowest BCUT2D eigenvalue weighted by Gasteiger charge is -2.07. The Morgan fingerprint density at radius 2 is 2.33 bits per heavy atom. The lowest BCUT2D eigenvalue weighted by molar-refractivity contribution is 0.297. The quantitative estimate of drug-likeness (QED) is 0.583. The van der Waals surface area contributed by atoms with E-state index in [1.54, 1.807) is 0 Å². The van der Waals surface area contributed by atoms with Gasteiger partial charge in [-0.1, -0.05) is 6.58 Å². The van der Waals surface area contributed by atoms with Crippen LogP contribution in [-0.2, 0) is 4.74 Å². The molecule has 3 nitrogen and oxygen atoms in total. The minimum Gasteiger partial charge on any atom is -0.492 e. The molecule has 2 rings (SSSR count). The minimum absolute atomic E-state index is 0.273. The summed E-state index contributed by atoms with van der Waals surface area (Å²) in [5.41, 5.74) is 1.70. The predicted molar refractivity (Wildman–Crippen MR) is 59.7 cm³/mol. The van der Waals surface area contributed by atoms with Crippen molar-refractivity contribution in [2.24, 2.45) is 0 Å². The Balaban J connectivity index is 2.26. The van der Waals surface area contributed by atoms with Crippen LogP contribution in [0.25, 0.3) is 5.76 Å². The van der Waals surface area contributed by atoms with E-state index in [2.05, 4.69) is 16.5 Å². The number of ether oxygens (including phenoxy) is 1. The zero-order valence-electron chi connectivity index (χ0n) is 8.66. The van der Waals surface area contributed by atoms with Crippen LogP contribution in [0.4, 0.5) is 0 Å². The maximum absolute atomic E-state index is 5.85. The molecule has 1 saturated carbocycles. The number of aromatic nitrogens is 2. The van der Waals surface area contributed by atoms with Crippen LogP contribution in [-0.4, -0.2) is 16.6 Å². The topological polar surface area (TPSA) is 35.0 Å². The van der Waals surface area contributed by atoms with E-state index in [1.165, 1.54) is 12.8 Å². The normalized spacial score (nSPS) is 15.1. The summed E-state index contributed by atoms with van der Waals surface area (Å²) in [5.74, 6) is 1.11. The highest BCUT2D eigenvalue weighted by Crippen LogP contribution is 2.39. The molecule has 4 heteroatoms. The molecule has 15 heavy (non-hydrogen) atoms. The minimum atomic E-state index is 0.273. The average molecular weight is 225 g/mol. The average Bonchev–Trinajstić information content (AvgIpc) is 3.00. The Hall–Kier alpha value is -1.09. The molecule has 1 aliphatic rings. The van der Waals surface area contributed by atoms with E-state index in [-0.39, 0.29) is 5.28 Å². The molecule has 1 aliphatic carbocycles. The standard InChI is InChI=1S/C11H13ClN2O/c1-3-15-7(2)9-6-10(8-4-5-8)14-11(12)13-9/h6,8H,2-5H2,1H3. The molecule has 0 amide bonds. The van der Waals surface area contributed by atoms with Gasteiger partial charge >= 0.3 is 0 Å². The first-order valence-electron chi connectivity index (χ1n) is 5.07. The van der Waals surface area contributed by atoms with E-state index in [9.17, 15) is 0 Å². The van der Waals surface area contributed by atoms with Crippen LogP contribution in [0.3, 0.4) is 0 Å². The molecule has 1 aromatic heterocycles. The van der Waals surface area contributed by atoms with Gasteiger partial charge in [-0.15, -0.1) is 0 Å². The number of rotatable bonds is 4. The summed E-state index contributed by atoms with van der Waals surface area (Å²) < 4.78 is 5.29. The van der Waals surface area contributed by atoms with Crippen LogP contribution in [0.5, 0.6) is 0 Å². The summed E-state index contributed by atoms with van der Waals surface area (Å²) in [6, 6.07) is 1.92. The van der Waals surface area contributed by atoms with Gasteiger partial charge in [-0.2, -0.15) is 0 Å². The second-order valence-electron chi connectivity index (χ2n) is 3.58. The molecule has 0 aromatic carbocycles. The van der Waals surface area contributed by atoms with Crippen molar-refractivity contribution < 1.29 is 4.74 Å². The van der Waals surface area contributed by atoms with E-state index in [4.69, 9.17) is 16.3 Å². The molecule has 0 spiro atoms. The van der Waals surface area contributed by atoms with Gasteiger partial charge in [0.25, 0.3) is 0 Å². The monoisotopic (exact) mass is 224 g/mol. The van der Waals surface area contributed by atoms with Crippen LogP contribution in [0.15, 0.2) is 12.6 Å². The van der Waals surface area contributed by atoms with Gasteiger partial charge in [0.15, 0.2) is 0 Å². The zero-order valence-corrected chi connectivity index (χ0v) is 9.42. The van der Waals surface area contributed by atoms with Crippen LogP contribution in [0.1, 0.15) is 37.1 Å². The lowest BCUT2D eigenvalue weighted by Crippen LogP contribution is -1.98. The van der Waals surface area contributed by atoms with Crippen molar-refractivity contribution >= 4 is 17.4 Å². The van der Waals surface area contributed by atoms with Crippen molar-refractivity contribution in [3.05, 3.63) is 29.3 Å². The Labute approximate surface area is 94.1 Å². The fraction of sp³-hybridized carbons (Fsp3) is 0.455. The number of halogens is 1. The largest absolute Gasteiger partial charge is 0.492 e. The first-order valence-corrected chi connectivity index (χ1v) is 5.45. The molecule has 1 heterocycles. The zero-order chi connectivity index (χ0) is 10.8. The van der Waals surface area contributed by atoms with Gasteiger partial charge in [-0.05, 0) is 37.4 Å². The Morgan fingerprint density at radius 1 is 1.60 bits per heavy atom. The molecule has 0 unspecified atom stereocenters. The van der Waals surface area contributed by atoms with Gasteiger partial charge in [-0.25, -0.2) is 9.97 Å². The molecule has 0 aliphatic heterocycles. The van der Waals surface area contributed by atoms with Crippen LogP contribution >= 0.6 is 11.6 Å². The molecule has 0 radical (unpaired) electrons. The van der Waals surface area contributed by atoms with E-state index >= 15 is 0 Å². The van der Waals surface area contributed by atoms with Gasteiger partial charge in [0.1, 0.15) is 11.5 Å². The molecule has 1 aromatic rings. The number of hydrogen-bond acceptors (Lipinski definition) is 3. The molecule has 0 bridgehead atoms. The van der Waals surface area contributed by atoms with E-state index in [0.29, 0.717) is 24.0 Å². The first-order chi connectivity index (χ1) is 7.20. The van der Waals surface area contributed by atoms with Crippen molar-refractivity contribution in [2.75, 3.05) is 6.61 Å². The van der Waals surface area contributed by atoms with Gasteiger partial charge in [-0.3, -0.25) is 0 Å². The van der Waals surface area contributed by atoms with Gasteiger partial charge in [0.2, 0.25) is 5.28 Å². The highest BCUT2D eigenvalue weighted by Gasteiger charge is 2.26. The van der Waals surface area contributed by atoms with Crippen LogP contribution < -0.4 is 0 Å². The molecule has 1 fully saturated rings.